The first-order chi connectivity index (χ1) is 13.6. The van der Waals surface area contributed by atoms with Crippen molar-refractivity contribution >= 4 is 23.5 Å². The fourth-order valence-electron chi connectivity index (χ4n) is 3.81. The topological polar surface area (TPSA) is 78.1 Å². The average Bonchev–Trinajstić information content (AvgIpc) is 3.35. The van der Waals surface area contributed by atoms with Crippen LogP contribution in [0.4, 0.5) is 22.8 Å². The summed E-state index contributed by atoms with van der Waals surface area (Å²) in [6.07, 6.45) is -3.11. The van der Waals surface area contributed by atoms with Crippen LogP contribution in [0.3, 0.4) is 0 Å². The molecule has 2 aliphatic heterocycles. The summed E-state index contributed by atoms with van der Waals surface area (Å²) in [6.45, 7) is 2.38. The summed E-state index contributed by atoms with van der Waals surface area (Å²) in [5.41, 5.74) is -0.284. The monoisotopic (exact) mass is 426 g/mol. The summed E-state index contributed by atoms with van der Waals surface area (Å²) in [6, 6.07) is 3.76. The van der Waals surface area contributed by atoms with E-state index < -0.39 is 23.9 Å². The number of hydrogen-bond donors (Lipinski definition) is 1. The molecular formula is C18H17F3N4O3S. The van der Waals surface area contributed by atoms with E-state index in [9.17, 15) is 22.8 Å². The fraction of sp³-hybridized carbons (Fsp3) is 0.389. The van der Waals surface area contributed by atoms with Crippen LogP contribution in [0, 0.1) is 6.92 Å². The molecule has 2 bridgehead atoms. The number of nitrogens with zero attached hydrogens (tertiary/aromatic N) is 4. The van der Waals surface area contributed by atoms with Crippen molar-refractivity contribution in [3.8, 4) is 5.69 Å². The van der Waals surface area contributed by atoms with E-state index in [0.717, 1.165) is 17.0 Å². The highest BCUT2D eigenvalue weighted by Crippen LogP contribution is 2.31. The van der Waals surface area contributed by atoms with E-state index in [4.69, 9.17) is 5.11 Å². The lowest BCUT2D eigenvalue weighted by Crippen LogP contribution is -2.49. The number of rotatable bonds is 1. The molecule has 0 spiro atoms. The second-order valence-corrected chi connectivity index (χ2v) is 8.28. The van der Waals surface area contributed by atoms with Gasteiger partial charge in [0.1, 0.15) is 0 Å². The summed E-state index contributed by atoms with van der Waals surface area (Å²) in [4.78, 5) is 32.2. The molecule has 7 nitrogen and oxygen atoms in total. The Morgan fingerprint density at radius 1 is 1.14 bits per heavy atom. The van der Waals surface area contributed by atoms with Crippen molar-refractivity contribution in [3.63, 3.8) is 0 Å². The summed E-state index contributed by atoms with van der Waals surface area (Å²) in [5.74, 6) is 0. The molecule has 2 atom stereocenters. The second kappa shape index (κ2) is 6.90. The molecule has 1 aromatic carbocycles. The molecule has 1 aromatic heterocycles. The van der Waals surface area contributed by atoms with Crippen LogP contribution in [-0.2, 0) is 6.18 Å². The van der Waals surface area contributed by atoms with Crippen molar-refractivity contribution in [2.45, 2.75) is 31.6 Å². The molecule has 11 heteroatoms. The first-order valence-electron chi connectivity index (χ1n) is 8.85. The zero-order valence-corrected chi connectivity index (χ0v) is 16.1. The number of amides is 3. The number of benzene rings is 1. The highest BCUT2D eigenvalue weighted by atomic mass is 32.1. The number of carbonyl (C=O) groups is 2. The van der Waals surface area contributed by atoms with Crippen LogP contribution in [0.25, 0.3) is 5.69 Å². The number of fused-ring (bicyclic) bond motifs is 2. The van der Waals surface area contributed by atoms with Gasteiger partial charge < -0.3 is 14.9 Å². The molecule has 4 rings (SSSR count). The minimum absolute atomic E-state index is 0.201. The molecule has 2 fully saturated rings. The lowest BCUT2D eigenvalue weighted by atomic mass is 10.2. The highest BCUT2D eigenvalue weighted by molar-refractivity contribution is 7.09. The number of aromatic nitrogens is 1. The smallest absolute Gasteiger partial charge is 0.416 e. The molecule has 1 N–H and O–H groups in total. The minimum atomic E-state index is -4.42. The van der Waals surface area contributed by atoms with Crippen molar-refractivity contribution in [1.82, 2.24) is 14.4 Å². The molecule has 0 aliphatic carbocycles. The van der Waals surface area contributed by atoms with E-state index in [1.165, 1.54) is 28.4 Å². The number of halogens is 3. The minimum Gasteiger partial charge on any atom is -0.465 e. The molecule has 2 saturated heterocycles. The van der Waals surface area contributed by atoms with Gasteiger partial charge in [0.15, 0.2) is 4.80 Å². The molecule has 29 heavy (non-hydrogen) atoms. The van der Waals surface area contributed by atoms with Gasteiger partial charge in [-0.05, 0) is 37.6 Å². The molecule has 0 saturated carbocycles. The Morgan fingerprint density at radius 2 is 1.76 bits per heavy atom. The van der Waals surface area contributed by atoms with Gasteiger partial charge in [0.05, 0.1) is 17.6 Å². The second-order valence-electron chi connectivity index (χ2n) is 7.06. The first-order valence-corrected chi connectivity index (χ1v) is 9.67. The number of alkyl halides is 3. The number of carbonyl (C=O) groups excluding carboxylic acids is 1. The van der Waals surface area contributed by atoms with Crippen molar-refractivity contribution in [3.05, 3.63) is 45.7 Å². The number of carboxylic acid groups (broad SMARTS) is 1. The first kappa shape index (κ1) is 19.5. The Morgan fingerprint density at radius 3 is 2.31 bits per heavy atom. The Kier molecular flexibility index (Phi) is 4.64. The number of piperazine rings is 1. The van der Waals surface area contributed by atoms with Gasteiger partial charge in [-0.1, -0.05) is 0 Å². The Bertz CT molecular complexity index is 1030. The predicted octanol–water partition coefficient (Wildman–Crippen LogP) is 3.32. The van der Waals surface area contributed by atoms with E-state index in [-0.39, 0.29) is 18.6 Å². The van der Waals surface area contributed by atoms with E-state index >= 15 is 0 Å². The lowest BCUT2D eigenvalue weighted by molar-refractivity contribution is -0.137. The third-order valence-electron chi connectivity index (χ3n) is 5.17. The Balaban J connectivity index is 1.60. The van der Waals surface area contributed by atoms with Crippen LogP contribution in [0.1, 0.15) is 16.9 Å². The van der Waals surface area contributed by atoms with Crippen LogP contribution in [0.5, 0.6) is 0 Å². The quantitative estimate of drug-likeness (QED) is 0.760. The van der Waals surface area contributed by atoms with Gasteiger partial charge in [-0.3, -0.25) is 4.57 Å². The van der Waals surface area contributed by atoms with Gasteiger partial charge in [-0.25, -0.2) is 9.59 Å². The lowest BCUT2D eigenvalue weighted by Gasteiger charge is -2.31. The number of likely N-dealkylation sites (tertiary alicyclic amines) is 2. The van der Waals surface area contributed by atoms with Gasteiger partial charge in [0, 0.05) is 29.9 Å². The van der Waals surface area contributed by atoms with Gasteiger partial charge in [-0.15, -0.1) is 11.3 Å². The van der Waals surface area contributed by atoms with E-state index in [1.54, 1.807) is 15.7 Å². The molecule has 3 heterocycles. The third kappa shape index (κ3) is 3.61. The zero-order valence-electron chi connectivity index (χ0n) is 15.3. The molecule has 0 unspecified atom stereocenters. The summed E-state index contributed by atoms with van der Waals surface area (Å²) >= 11 is 1.25. The number of hydrogen-bond acceptors (Lipinski definition) is 3. The third-order valence-corrected chi connectivity index (χ3v) is 6.06. The fourth-order valence-corrected chi connectivity index (χ4v) is 4.64. The molecule has 2 aliphatic rings. The van der Waals surface area contributed by atoms with Crippen LogP contribution in [0.15, 0.2) is 35.5 Å². The Hall–Kier alpha value is -2.82. The van der Waals surface area contributed by atoms with E-state index in [1.807, 2.05) is 6.92 Å². The van der Waals surface area contributed by atoms with Crippen LogP contribution >= 0.6 is 11.3 Å². The summed E-state index contributed by atoms with van der Waals surface area (Å²) < 4.78 is 39.9. The molecular weight excluding hydrogens is 409 g/mol. The van der Waals surface area contributed by atoms with Crippen molar-refractivity contribution in [2.75, 3.05) is 13.1 Å². The average molecular weight is 426 g/mol. The van der Waals surface area contributed by atoms with Crippen LogP contribution in [-0.4, -0.2) is 56.8 Å². The summed E-state index contributed by atoms with van der Waals surface area (Å²) in [5, 5.41) is 9.16. The maximum atomic E-state index is 12.8. The largest absolute Gasteiger partial charge is 0.465 e. The van der Waals surface area contributed by atoms with Crippen LogP contribution < -0.4 is 4.80 Å². The molecule has 2 aromatic rings. The number of thiazole rings is 1. The van der Waals surface area contributed by atoms with E-state index in [2.05, 4.69) is 4.99 Å². The summed E-state index contributed by atoms with van der Waals surface area (Å²) in [7, 11) is 0. The van der Waals surface area contributed by atoms with Gasteiger partial charge in [0.2, 0.25) is 0 Å². The predicted molar refractivity (Wildman–Crippen MR) is 98.0 cm³/mol. The zero-order chi connectivity index (χ0) is 20.9. The number of urea groups is 1. The van der Waals surface area contributed by atoms with E-state index in [0.29, 0.717) is 23.5 Å². The number of aryl methyl sites for hydroxylation is 1. The van der Waals surface area contributed by atoms with Gasteiger partial charge in [0.25, 0.3) is 0 Å². The SMILES string of the molecule is Cc1cn(-c2ccc(C(F)(F)F)cc2)/c(=N/C(=O)N2C[C@@H]3C[C@H]2CN3C(=O)O)s1. The molecule has 0 radical (unpaired) electrons. The normalized spacial score (nSPS) is 21.9. The van der Waals surface area contributed by atoms with Gasteiger partial charge in [-0.2, -0.15) is 18.2 Å². The maximum absolute atomic E-state index is 12.8. The maximum Gasteiger partial charge on any atom is 0.416 e. The standard InChI is InChI=1S/C18H17F3N4O3S/c1-10-7-24(12-4-2-11(3-5-12)18(19,20)21)16(29-10)22-15(26)23-8-14-6-13(23)9-25(14)17(27)28/h2-5,7,13-14H,6,8-9H2,1H3,(H,27,28)/b22-16-/t13-,14-/m0/s1. The van der Waals surface area contributed by atoms with Crippen molar-refractivity contribution in [2.24, 2.45) is 4.99 Å². The van der Waals surface area contributed by atoms with Crippen LogP contribution in [0.2, 0.25) is 0 Å². The molecule has 154 valence electrons. The van der Waals surface area contributed by atoms with Gasteiger partial charge >= 0.3 is 18.3 Å². The van der Waals surface area contributed by atoms with Crippen molar-refractivity contribution < 1.29 is 27.9 Å². The Labute approximate surface area is 167 Å². The van der Waals surface area contributed by atoms with Crippen molar-refractivity contribution in [1.29, 1.82) is 0 Å². The molecule has 3 amide bonds. The highest BCUT2D eigenvalue weighted by Gasteiger charge is 2.47.